The quantitative estimate of drug-likeness (QED) is 0.735. The van der Waals surface area contributed by atoms with Gasteiger partial charge in [0.25, 0.3) is 0 Å². The Morgan fingerprint density at radius 2 is 1.85 bits per heavy atom. The summed E-state index contributed by atoms with van der Waals surface area (Å²) in [6.07, 6.45) is 0. The van der Waals surface area contributed by atoms with Gasteiger partial charge in [-0.05, 0) is 30.3 Å². The average molecular weight is 299 g/mol. The highest BCUT2D eigenvalue weighted by Gasteiger charge is 2.09. The summed E-state index contributed by atoms with van der Waals surface area (Å²) in [6, 6.07) is 17.7. The molecule has 1 aromatic heterocycles. The lowest BCUT2D eigenvalue weighted by atomic mass is 10.2. The molecule has 20 heavy (non-hydrogen) atoms. The topological polar surface area (TPSA) is 35.8 Å². The van der Waals surface area contributed by atoms with Crippen molar-refractivity contribution < 1.29 is 0 Å². The van der Waals surface area contributed by atoms with Gasteiger partial charge in [0.1, 0.15) is 0 Å². The maximum atomic E-state index is 8.77. The summed E-state index contributed by atoms with van der Waals surface area (Å²) < 4.78 is 1.20. The van der Waals surface area contributed by atoms with Crippen molar-refractivity contribution in [1.82, 2.24) is 0 Å². The molecular weight excluding hydrogens is 288 g/mol. The Morgan fingerprint density at radius 3 is 2.55 bits per heavy atom. The molecule has 0 aliphatic rings. The molecule has 0 amide bonds. The first-order valence-electron chi connectivity index (χ1n) is 6.18. The van der Waals surface area contributed by atoms with Crippen LogP contribution in [0.15, 0.2) is 48.5 Å². The molecule has 0 radical (unpaired) electrons. The Balaban J connectivity index is 1.79. The molecule has 98 valence electrons. The predicted octanol–water partition coefficient (Wildman–Crippen LogP) is 5.04. The first-order chi connectivity index (χ1) is 9.78. The number of nitriles is 1. The van der Waals surface area contributed by atoms with E-state index in [0.29, 0.717) is 12.1 Å². The van der Waals surface area contributed by atoms with E-state index >= 15 is 0 Å². The molecule has 0 aliphatic carbocycles. The van der Waals surface area contributed by atoms with E-state index in [4.69, 9.17) is 16.9 Å². The molecule has 0 saturated heterocycles. The van der Waals surface area contributed by atoms with E-state index in [9.17, 15) is 0 Å². The highest BCUT2D eigenvalue weighted by Crippen LogP contribution is 2.35. The van der Waals surface area contributed by atoms with Crippen LogP contribution in [0, 0.1) is 11.3 Å². The SMILES string of the molecule is N#Cc1ccc(NCc2sc3ccccc3c2Cl)cc1. The number of thiophene rings is 1. The van der Waals surface area contributed by atoms with Crippen LogP contribution < -0.4 is 5.32 Å². The summed E-state index contributed by atoms with van der Waals surface area (Å²) in [7, 11) is 0. The molecule has 1 heterocycles. The Bertz CT molecular complexity index is 784. The number of benzene rings is 2. The van der Waals surface area contributed by atoms with E-state index in [1.165, 1.54) is 4.70 Å². The van der Waals surface area contributed by atoms with Crippen LogP contribution in [0.25, 0.3) is 10.1 Å². The lowest BCUT2D eigenvalue weighted by Gasteiger charge is -2.05. The van der Waals surface area contributed by atoms with Crippen LogP contribution in [0.1, 0.15) is 10.4 Å². The Labute approximate surface area is 126 Å². The molecule has 0 unspecified atom stereocenters. The van der Waals surface area contributed by atoms with Crippen LogP contribution in [-0.2, 0) is 6.54 Å². The standard InChI is InChI=1S/C16H11ClN2S/c17-16-13-3-1-2-4-14(13)20-15(16)10-19-12-7-5-11(9-18)6-8-12/h1-8,19H,10H2. The fourth-order valence-electron chi connectivity index (χ4n) is 2.02. The first-order valence-corrected chi connectivity index (χ1v) is 7.37. The first kappa shape index (κ1) is 13.0. The maximum Gasteiger partial charge on any atom is 0.0991 e. The lowest BCUT2D eigenvalue weighted by Crippen LogP contribution is -1.97. The number of rotatable bonds is 3. The number of fused-ring (bicyclic) bond motifs is 1. The largest absolute Gasteiger partial charge is 0.380 e. The van der Waals surface area contributed by atoms with Crippen LogP contribution >= 0.6 is 22.9 Å². The summed E-state index contributed by atoms with van der Waals surface area (Å²) in [5, 5.41) is 14.0. The fraction of sp³-hybridized carbons (Fsp3) is 0.0625. The van der Waals surface area contributed by atoms with Crippen molar-refractivity contribution in [2.75, 3.05) is 5.32 Å². The second kappa shape index (κ2) is 5.54. The molecule has 3 aromatic rings. The van der Waals surface area contributed by atoms with Crippen molar-refractivity contribution in [3.05, 3.63) is 64.0 Å². The van der Waals surface area contributed by atoms with Gasteiger partial charge in [-0.3, -0.25) is 0 Å². The second-order valence-electron chi connectivity index (χ2n) is 4.38. The van der Waals surface area contributed by atoms with Gasteiger partial charge in [-0.15, -0.1) is 11.3 Å². The summed E-state index contributed by atoms with van der Waals surface area (Å²) in [6.45, 7) is 0.685. The van der Waals surface area contributed by atoms with Crippen molar-refractivity contribution in [2.24, 2.45) is 0 Å². The zero-order chi connectivity index (χ0) is 13.9. The minimum atomic E-state index is 0.662. The van der Waals surface area contributed by atoms with Crippen molar-refractivity contribution in [3.8, 4) is 6.07 Å². The average Bonchev–Trinajstić information content (AvgIpc) is 2.83. The Morgan fingerprint density at radius 1 is 1.10 bits per heavy atom. The lowest BCUT2D eigenvalue weighted by molar-refractivity contribution is 1.19. The second-order valence-corrected chi connectivity index (χ2v) is 5.89. The molecule has 0 atom stereocenters. The molecule has 0 bridgehead atoms. The number of hydrogen-bond donors (Lipinski definition) is 1. The summed E-state index contributed by atoms with van der Waals surface area (Å²) in [4.78, 5) is 1.12. The van der Waals surface area contributed by atoms with Gasteiger partial charge in [0.05, 0.1) is 23.2 Å². The third-order valence-electron chi connectivity index (χ3n) is 3.07. The van der Waals surface area contributed by atoms with Gasteiger partial charge in [-0.1, -0.05) is 29.8 Å². The fourth-order valence-corrected chi connectivity index (χ4v) is 3.46. The summed E-state index contributed by atoms with van der Waals surface area (Å²) >= 11 is 8.10. The van der Waals surface area contributed by atoms with E-state index in [1.54, 1.807) is 23.5 Å². The van der Waals surface area contributed by atoms with E-state index in [1.807, 2.05) is 30.3 Å². The maximum absolute atomic E-state index is 8.77. The predicted molar refractivity (Wildman–Crippen MR) is 85.3 cm³/mol. The number of nitrogens with one attached hydrogen (secondary N) is 1. The van der Waals surface area contributed by atoms with Gasteiger partial charge < -0.3 is 5.32 Å². The minimum Gasteiger partial charge on any atom is -0.380 e. The van der Waals surface area contributed by atoms with Crippen LogP contribution in [-0.4, -0.2) is 0 Å². The molecule has 0 fully saturated rings. The van der Waals surface area contributed by atoms with Gasteiger partial charge in [0.15, 0.2) is 0 Å². The zero-order valence-corrected chi connectivity index (χ0v) is 12.1. The Hall–Kier alpha value is -2.02. The molecule has 0 spiro atoms. The zero-order valence-electron chi connectivity index (χ0n) is 10.6. The van der Waals surface area contributed by atoms with Gasteiger partial charge in [-0.25, -0.2) is 0 Å². The van der Waals surface area contributed by atoms with Crippen LogP contribution in [0.4, 0.5) is 5.69 Å². The van der Waals surface area contributed by atoms with Crippen molar-refractivity contribution >= 4 is 38.7 Å². The molecule has 3 rings (SSSR count). The number of anilines is 1. The highest BCUT2D eigenvalue weighted by atomic mass is 35.5. The van der Waals surface area contributed by atoms with Crippen molar-refractivity contribution in [2.45, 2.75) is 6.54 Å². The van der Waals surface area contributed by atoms with Crippen molar-refractivity contribution in [3.63, 3.8) is 0 Å². The Kier molecular flexibility index (Phi) is 3.60. The number of nitrogens with zero attached hydrogens (tertiary/aromatic N) is 1. The van der Waals surface area contributed by atoms with E-state index < -0.39 is 0 Å². The van der Waals surface area contributed by atoms with E-state index in [2.05, 4.69) is 17.5 Å². The summed E-state index contributed by atoms with van der Waals surface area (Å²) in [5.41, 5.74) is 1.65. The number of hydrogen-bond acceptors (Lipinski definition) is 3. The van der Waals surface area contributed by atoms with Crippen LogP contribution in [0.5, 0.6) is 0 Å². The third-order valence-corrected chi connectivity index (χ3v) is 4.78. The molecule has 0 saturated carbocycles. The molecule has 0 aliphatic heterocycles. The van der Waals surface area contributed by atoms with E-state index in [-0.39, 0.29) is 0 Å². The number of halogens is 1. The molecular formula is C16H11ClN2S. The van der Waals surface area contributed by atoms with Gasteiger partial charge in [0, 0.05) is 20.7 Å². The van der Waals surface area contributed by atoms with Crippen molar-refractivity contribution in [1.29, 1.82) is 5.26 Å². The van der Waals surface area contributed by atoms with Crippen LogP contribution in [0.2, 0.25) is 5.02 Å². The van der Waals surface area contributed by atoms with Gasteiger partial charge >= 0.3 is 0 Å². The highest BCUT2D eigenvalue weighted by molar-refractivity contribution is 7.19. The molecule has 2 aromatic carbocycles. The van der Waals surface area contributed by atoms with Gasteiger partial charge in [0.2, 0.25) is 0 Å². The summed E-state index contributed by atoms with van der Waals surface area (Å²) in [5.74, 6) is 0. The molecule has 1 N–H and O–H groups in total. The monoisotopic (exact) mass is 298 g/mol. The normalized spacial score (nSPS) is 10.4. The van der Waals surface area contributed by atoms with E-state index in [0.717, 1.165) is 21.0 Å². The third kappa shape index (κ3) is 2.49. The molecule has 2 nitrogen and oxygen atoms in total. The smallest absolute Gasteiger partial charge is 0.0991 e. The van der Waals surface area contributed by atoms with Crippen LogP contribution in [0.3, 0.4) is 0 Å². The molecule has 4 heteroatoms. The van der Waals surface area contributed by atoms with Gasteiger partial charge in [-0.2, -0.15) is 5.26 Å². The minimum absolute atomic E-state index is 0.662.